The zero-order chi connectivity index (χ0) is 24.6. The number of halogens is 3. The van der Waals surface area contributed by atoms with Crippen LogP contribution in [0, 0.1) is 12.3 Å². The highest BCUT2D eigenvalue weighted by Crippen LogP contribution is 2.30. The number of carbonyl (C=O) groups excluding carboxylic acids is 2. The van der Waals surface area contributed by atoms with Gasteiger partial charge in [0.2, 0.25) is 5.91 Å². The van der Waals surface area contributed by atoms with E-state index in [-0.39, 0.29) is 22.9 Å². The van der Waals surface area contributed by atoms with E-state index < -0.39 is 23.7 Å². The zero-order valence-electron chi connectivity index (χ0n) is 17.9. The van der Waals surface area contributed by atoms with Crippen LogP contribution < -0.4 is 21.3 Å². The molecule has 0 bridgehead atoms. The molecule has 1 aliphatic heterocycles. The number of primary amides is 1. The number of nitrogens with zero attached hydrogens (tertiary/aromatic N) is 3. The summed E-state index contributed by atoms with van der Waals surface area (Å²) < 4.78 is 40.9. The number of anilines is 2. The predicted octanol–water partition coefficient (Wildman–Crippen LogP) is 2.90. The van der Waals surface area contributed by atoms with Gasteiger partial charge >= 0.3 is 6.18 Å². The third-order valence-corrected chi connectivity index (χ3v) is 5.25. The lowest BCUT2D eigenvalue weighted by molar-refractivity contribution is -0.141. The minimum absolute atomic E-state index is 0.0566. The summed E-state index contributed by atoms with van der Waals surface area (Å²) in [7, 11) is 0. The lowest BCUT2D eigenvalue weighted by atomic mass is 10.1. The third-order valence-electron chi connectivity index (χ3n) is 5.25. The van der Waals surface area contributed by atoms with Crippen molar-refractivity contribution in [1.82, 2.24) is 15.1 Å². The van der Waals surface area contributed by atoms with E-state index in [4.69, 9.17) is 11.1 Å². The Balaban J connectivity index is 1.67. The van der Waals surface area contributed by atoms with E-state index in [2.05, 4.69) is 15.7 Å². The number of aryl methyl sites for hydroxylation is 1. The number of aromatic nitrogens is 2. The first kappa shape index (κ1) is 22.8. The third kappa shape index (κ3) is 4.42. The summed E-state index contributed by atoms with van der Waals surface area (Å²) in [6, 6.07) is 11.1. The molecule has 1 fully saturated rings. The summed E-state index contributed by atoms with van der Waals surface area (Å²) in [5, 5.41) is 17.0. The normalized spacial score (nSPS) is 13.6. The number of carbonyl (C=O) groups is 2. The molecule has 1 aliphatic rings. The zero-order valence-corrected chi connectivity index (χ0v) is 17.9. The molecule has 0 atom stereocenters. The summed E-state index contributed by atoms with van der Waals surface area (Å²) in [5.74, 6) is -1.33. The first-order chi connectivity index (χ1) is 16.0. The van der Waals surface area contributed by atoms with Gasteiger partial charge in [0.05, 0.1) is 5.69 Å². The van der Waals surface area contributed by atoms with Crippen LogP contribution >= 0.6 is 0 Å². The Bertz CT molecular complexity index is 1300. The Morgan fingerprint density at radius 1 is 1.18 bits per heavy atom. The van der Waals surface area contributed by atoms with Crippen molar-refractivity contribution in [1.29, 1.82) is 5.41 Å². The van der Waals surface area contributed by atoms with Gasteiger partial charge in [0.15, 0.2) is 11.7 Å². The molecule has 4 rings (SSSR count). The smallest absolute Gasteiger partial charge is 0.366 e. The van der Waals surface area contributed by atoms with Crippen molar-refractivity contribution in [3.63, 3.8) is 0 Å². The number of nitrogens with two attached hydrogens (primary N) is 1. The highest BCUT2D eigenvalue weighted by Gasteiger charge is 2.36. The molecule has 176 valence electrons. The summed E-state index contributed by atoms with van der Waals surface area (Å²) in [6.07, 6.45) is -4.78. The highest BCUT2D eigenvalue weighted by molar-refractivity contribution is 6.04. The minimum atomic E-state index is -4.78. The monoisotopic (exact) mass is 471 g/mol. The van der Waals surface area contributed by atoms with E-state index in [1.54, 1.807) is 30.0 Å². The SMILES string of the molecule is Cc1cc(NC(=O)c2cc(C(F)(F)F)nn2-c2cccc(C(N)=O)c2)ccc1N1CCNC1=N. The Kier molecular flexibility index (Phi) is 5.73. The van der Waals surface area contributed by atoms with E-state index in [1.165, 1.54) is 24.3 Å². The summed E-state index contributed by atoms with van der Waals surface area (Å²) in [6.45, 7) is 3.06. The minimum Gasteiger partial charge on any atom is -0.366 e. The van der Waals surface area contributed by atoms with Gasteiger partial charge < -0.3 is 21.3 Å². The number of nitrogens with one attached hydrogen (secondary N) is 3. The topological polar surface area (TPSA) is 129 Å². The van der Waals surface area contributed by atoms with Crippen molar-refractivity contribution < 1.29 is 22.8 Å². The van der Waals surface area contributed by atoms with Gasteiger partial charge in [0.1, 0.15) is 5.69 Å². The van der Waals surface area contributed by atoms with Crippen molar-refractivity contribution in [3.8, 4) is 5.69 Å². The number of rotatable bonds is 5. The lowest BCUT2D eigenvalue weighted by Gasteiger charge is -2.19. The van der Waals surface area contributed by atoms with E-state index in [0.717, 1.165) is 15.9 Å². The van der Waals surface area contributed by atoms with Crippen molar-refractivity contribution >= 4 is 29.1 Å². The Morgan fingerprint density at radius 2 is 1.94 bits per heavy atom. The van der Waals surface area contributed by atoms with E-state index in [9.17, 15) is 22.8 Å². The van der Waals surface area contributed by atoms with Crippen LogP contribution in [0.1, 0.15) is 32.1 Å². The van der Waals surface area contributed by atoms with Crippen LogP contribution in [0.25, 0.3) is 5.69 Å². The van der Waals surface area contributed by atoms with Crippen LogP contribution in [0.4, 0.5) is 24.5 Å². The van der Waals surface area contributed by atoms with Crippen molar-refractivity contribution in [2.24, 2.45) is 5.73 Å². The largest absolute Gasteiger partial charge is 0.435 e. The summed E-state index contributed by atoms with van der Waals surface area (Å²) >= 11 is 0. The molecule has 12 heteroatoms. The van der Waals surface area contributed by atoms with E-state index in [1.807, 2.05) is 0 Å². The highest BCUT2D eigenvalue weighted by atomic mass is 19.4. The first-order valence-corrected chi connectivity index (χ1v) is 10.1. The molecule has 0 saturated carbocycles. The molecule has 34 heavy (non-hydrogen) atoms. The number of amides is 2. The van der Waals surface area contributed by atoms with Gasteiger partial charge in [-0.3, -0.25) is 15.0 Å². The fourth-order valence-corrected chi connectivity index (χ4v) is 3.63. The van der Waals surface area contributed by atoms with Crippen molar-refractivity contribution in [2.75, 3.05) is 23.3 Å². The number of benzene rings is 2. The maximum Gasteiger partial charge on any atom is 0.435 e. The van der Waals surface area contributed by atoms with Gasteiger partial charge in [-0.2, -0.15) is 18.3 Å². The van der Waals surface area contributed by atoms with Crippen molar-refractivity contribution in [2.45, 2.75) is 13.1 Å². The molecule has 0 unspecified atom stereocenters. The second-order valence-electron chi connectivity index (χ2n) is 7.62. The fourth-order valence-electron chi connectivity index (χ4n) is 3.63. The molecule has 0 radical (unpaired) electrons. The number of alkyl halides is 3. The standard InChI is InChI=1S/C22H20F3N7O2/c1-12-9-14(5-6-16(12)31-8-7-28-21(31)27)29-20(34)17-11-18(22(23,24)25)30-32(17)15-4-2-3-13(10-15)19(26)33/h2-6,9-11H,7-8H2,1H3,(H2,26,33)(H2,27,28)(H,29,34). The molecule has 5 N–H and O–H groups in total. The number of hydrogen-bond donors (Lipinski definition) is 4. The molecule has 2 aromatic carbocycles. The van der Waals surface area contributed by atoms with Crippen LogP contribution in [0.15, 0.2) is 48.5 Å². The number of hydrogen-bond acceptors (Lipinski definition) is 4. The predicted molar refractivity (Wildman–Crippen MR) is 119 cm³/mol. The van der Waals surface area contributed by atoms with E-state index in [0.29, 0.717) is 24.8 Å². The maximum atomic E-state index is 13.4. The molecule has 2 amide bonds. The van der Waals surface area contributed by atoms with Crippen molar-refractivity contribution in [3.05, 3.63) is 71.0 Å². The molecule has 0 aliphatic carbocycles. The van der Waals surface area contributed by atoms with Crippen LogP contribution in [-0.4, -0.2) is 40.6 Å². The van der Waals surface area contributed by atoms with Gasteiger partial charge in [-0.05, 0) is 48.9 Å². The van der Waals surface area contributed by atoms with E-state index >= 15 is 0 Å². The summed E-state index contributed by atoms with van der Waals surface area (Å²) in [4.78, 5) is 26.3. The molecule has 0 spiro atoms. The van der Waals surface area contributed by atoms with Crippen LogP contribution in [-0.2, 0) is 6.18 Å². The second-order valence-corrected chi connectivity index (χ2v) is 7.62. The molecule has 3 aromatic rings. The molecule has 9 nitrogen and oxygen atoms in total. The Hall–Kier alpha value is -4.35. The maximum absolute atomic E-state index is 13.4. The number of guanidine groups is 1. The van der Waals surface area contributed by atoms with Gasteiger partial charge in [0.25, 0.3) is 5.91 Å². The van der Waals surface area contributed by atoms with Gasteiger partial charge in [-0.25, -0.2) is 4.68 Å². The van der Waals surface area contributed by atoms with Gasteiger partial charge in [-0.1, -0.05) is 6.07 Å². The van der Waals surface area contributed by atoms with Gasteiger partial charge in [0, 0.05) is 36.1 Å². The fraction of sp³-hybridized carbons (Fsp3) is 0.182. The molecular formula is C22H20F3N7O2. The quantitative estimate of drug-likeness (QED) is 0.455. The Morgan fingerprint density at radius 3 is 2.56 bits per heavy atom. The molecular weight excluding hydrogens is 451 g/mol. The molecule has 1 aromatic heterocycles. The second kappa shape index (κ2) is 8.54. The molecule has 2 heterocycles. The Labute approximate surface area is 191 Å². The van der Waals surface area contributed by atoms with Gasteiger partial charge in [-0.15, -0.1) is 0 Å². The average Bonchev–Trinajstić information content (AvgIpc) is 3.41. The lowest BCUT2D eigenvalue weighted by Crippen LogP contribution is -2.29. The first-order valence-electron chi connectivity index (χ1n) is 10.1. The molecule has 1 saturated heterocycles. The van der Waals surface area contributed by atoms with Crippen LogP contribution in [0.2, 0.25) is 0 Å². The van der Waals surface area contributed by atoms with Crippen LogP contribution in [0.5, 0.6) is 0 Å². The average molecular weight is 471 g/mol. The van der Waals surface area contributed by atoms with Crippen LogP contribution in [0.3, 0.4) is 0 Å². The summed E-state index contributed by atoms with van der Waals surface area (Å²) in [5.41, 5.74) is 5.67.